The van der Waals surface area contributed by atoms with Crippen molar-refractivity contribution >= 4 is 28.9 Å². The normalized spacial score (nSPS) is 11.0. The summed E-state index contributed by atoms with van der Waals surface area (Å²) in [6.07, 6.45) is 7.34. The van der Waals surface area contributed by atoms with Crippen LogP contribution in [0.4, 0.5) is 0 Å². The quantitative estimate of drug-likeness (QED) is 0.106. The Kier molecular flexibility index (Phi) is 10.9. The second kappa shape index (κ2) is 14.6. The summed E-state index contributed by atoms with van der Waals surface area (Å²) in [6.45, 7) is 3.36. The predicted molar refractivity (Wildman–Crippen MR) is 144 cm³/mol. The van der Waals surface area contributed by atoms with Crippen LogP contribution in [0.2, 0.25) is 0 Å². The smallest absolute Gasteiger partial charge is 0.349 e. The van der Waals surface area contributed by atoms with Crippen molar-refractivity contribution in [1.29, 1.82) is 0 Å². The molecule has 1 aromatic heterocycles. The van der Waals surface area contributed by atoms with E-state index in [4.69, 9.17) is 23.4 Å². The van der Waals surface area contributed by atoms with E-state index in [-0.39, 0.29) is 23.4 Å². The topological polar surface area (TPSA) is 113 Å². The Morgan fingerprint density at radius 3 is 2.58 bits per heavy atom. The van der Waals surface area contributed by atoms with E-state index < -0.39 is 17.5 Å². The maximum absolute atomic E-state index is 12.4. The molecule has 0 spiro atoms. The number of benzene rings is 2. The fraction of sp³-hybridized carbons (Fsp3) is 0.345. The van der Waals surface area contributed by atoms with Crippen LogP contribution >= 0.6 is 0 Å². The summed E-state index contributed by atoms with van der Waals surface area (Å²) in [5, 5.41) is 3.09. The van der Waals surface area contributed by atoms with Crippen LogP contribution in [0.25, 0.3) is 17.0 Å². The number of rotatable bonds is 14. The maximum atomic E-state index is 12.4. The molecule has 3 rings (SSSR count). The van der Waals surface area contributed by atoms with Gasteiger partial charge in [0.1, 0.15) is 16.9 Å². The van der Waals surface area contributed by atoms with Crippen LogP contribution in [0.1, 0.15) is 48.5 Å². The molecule has 202 valence electrons. The molecular formula is C29H33NO8. The van der Waals surface area contributed by atoms with E-state index in [0.717, 1.165) is 18.4 Å². The van der Waals surface area contributed by atoms with Crippen molar-refractivity contribution in [3.63, 3.8) is 0 Å². The van der Waals surface area contributed by atoms with Gasteiger partial charge in [-0.3, -0.25) is 4.79 Å². The average Bonchev–Trinajstić information content (AvgIpc) is 2.91. The number of ether oxygens (including phenoxy) is 4. The van der Waals surface area contributed by atoms with Gasteiger partial charge in [0, 0.05) is 31.2 Å². The Morgan fingerprint density at radius 1 is 0.974 bits per heavy atom. The highest BCUT2D eigenvalue weighted by Crippen LogP contribution is 2.29. The Labute approximate surface area is 221 Å². The third kappa shape index (κ3) is 8.21. The first-order valence-corrected chi connectivity index (χ1v) is 12.5. The van der Waals surface area contributed by atoms with Crippen LogP contribution in [-0.2, 0) is 9.53 Å². The monoisotopic (exact) mass is 523 g/mol. The van der Waals surface area contributed by atoms with E-state index >= 15 is 0 Å². The molecule has 1 heterocycles. The van der Waals surface area contributed by atoms with Gasteiger partial charge in [-0.25, -0.2) is 9.59 Å². The molecule has 2 aromatic carbocycles. The van der Waals surface area contributed by atoms with E-state index in [1.807, 2.05) is 6.07 Å². The molecule has 0 radical (unpaired) electrons. The minimum atomic E-state index is -0.793. The van der Waals surface area contributed by atoms with Crippen molar-refractivity contribution in [1.82, 2.24) is 5.32 Å². The lowest BCUT2D eigenvalue weighted by Crippen LogP contribution is -2.30. The fourth-order valence-corrected chi connectivity index (χ4v) is 3.61. The van der Waals surface area contributed by atoms with Gasteiger partial charge in [0.2, 0.25) is 0 Å². The van der Waals surface area contributed by atoms with Crippen LogP contribution in [0.3, 0.4) is 0 Å². The summed E-state index contributed by atoms with van der Waals surface area (Å²) in [6, 6.07) is 11.4. The van der Waals surface area contributed by atoms with Crippen molar-refractivity contribution in [2.75, 3.05) is 34.0 Å². The molecule has 9 heteroatoms. The number of nitrogens with one attached hydrogen (secondary N) is 1. The van der Waals surface area contributed by atoms with Crippen molar-refractivity contribution in [2.24, 2.45) is 0 Å². The van der Waals surface area contributed by atoms with Gasteiger partial charge in [0.05, 0.1) is 20.3 Å². The lowest BCUT2D eigenvalue weighted by molar-refractivity contribution is -0.128. The molecule has 0 saturated heterocycles. The molecular weight excluding hydrogens is 490 g/mol. The van der Waals surface area contributed by atoms with Gasteiger partial charge < -0.3 is 28.7 Å². The Hall–Kier alpha value is -4.11. The number of amides is 1. The number of hydrogen-bond acceptors (Lipinski definition) is 8. The van der Waals surface area contributed by atoms with Crippen molar-refractivity contribution in [2.45, 2.75) is 32.6 Å². The molecule has 0 aliphatic heterocycles. The van der Waals surface area contributed by atoms with Gasteiger partial charge >= 0.3 is 11.6 Å². The number of carbonyl (C=O) groups is 2. The molecule has 3 aromatic rings. The SMILES string of the molecule is CCCCCCOc1ccc(/C=C/C(=O)Oc2ccc3cc(C(=O)NCCOC)c(=O)oc3c2)cc1OC. The second-order valence-corrected chi connectivity index (χ2v) is 8.47. The third-order valence-corrected chi connectivity index (χ3v) is 5.62. The zero-order valence-corrected chi connectivity index (χ0v) is 21.9. The maximum Gasteiger partial charge on any atom is 0.349 e. The number of unbranched alkanes of at least 4 members (excludes halogenated alkanes) is 3. The van der Waals surface area contributed by atoms with Crippen molar-refractivity contribution < 1.29 is 33.0 Å². The fourth-order valence-electron chi connectivity index (χ4n) is 3.61. The molecule has 0 unspecified atom stereocenters. The van der Waals surface area contributed by atoms with E-state index in [0.29, 0.717) is 30.1 Å². The van der Waals surface area contributed by atoms with E-state index in [1.54, 1.807) is 37.5 Å². The van der Waals surface area contributed by atoms with Gasteiger partial charge in [-0.1, -0.05) is 32.3 Å². The molecule has 38 heavy (non-hydrogen) atoms. The van der Waals surface area contributed by atoms with Crippen LogP contribution in [-0.4, -0.2) is 45.9 Å². The lowest BCUT2D eigenvalue weighted by Gasteiger charge is -2.11. The molecule has 0 bridgehead atoms. The molecule has 0 atom stereocenters. The molecule has 0 fully saturated rings. The average molecular weight is 524 g/mol. The zero-order chi connectivity index (χ0) is 27.3. The van der Waals surface area contributed by atoms with Crippen molar-refractivity contribution in [3.05, 3.63) is 70.1 Å². The minimum absolute atomic E-state index is 0.121. The number of carbonyl (C=O) groups excluding carboxylic acids is 2. The first kappa shape index (κ1) is 28.5. The Balaban J connectivity index is 1.63. The van der Waals surface area contributed by atoms with E-state index in [1.165, 1.54) is 38.2 Å². The molecule has 0 saturated carbocycles. The summed E-state index contributed by atoms with van der Waals surface area (Å²) in [5.74, 6) is 0.249. The summed E-state index contributed by atoms with van der Waals surface area (Å²) in [5.41, 5.74) is 0.00781. The van der Waals surface area contributed by atoms with E-state index in [2.05, 4.69) is 12.2 Å². The number of methoxy groups -OCH3 is 2. The first-order valence-electron chi connectivity index (χ1n) is 12.5. The van der Waals surface area contributed by atoms with E-state index in [9.17, 15) is 14.4 Å². The van der Waals surface area contributed by atoms with Crippen LogP contribution in [0, 0.1) is 0 Å². The Bertz CT molecular complexity index is 1330. The van der Waals surface area contributed by atoms with Crippen LogP contribution < -0.4 is 25.2 Å². The Morgan fingerprint density at radius 2 is 1.82 bits per heavy atom. The summed E-state index contributed by atoms with van der Waals surface area (Å²) in [7, 11) is 3.08. The summed E-state index contributed by atoms with van der Waals surface area (Å²) in [4.78, 5) is 36.9. The standard InChI is InChI=1S/C29H33NO8/c1-4-5-6-7-15-36-24-12-8-20(17-26(24)35-3)9-13-27(31)37-22-11-10-21-18-23(28(32)30-14-16-34-2)29(33)38-25(21)19-22/h8-13,17-19H,4-7,14-16H2,1-3H3,(H,30,32)/b13-9+. The second-order valence-electron chi connectivity index (χ2n) is 8.47. The zero-order valence-electron chi connectivity index (χ0n) is 21.9. The number of hydrogen-bond donors (Lipinski definition) is 1. The molecule has 0 aliphatic rings. The third-order valence-electron chi connectivity index (χ3n) is 5.62. The highest BCUT2D eigenvalue weighted by atomic mass is 16.5. The minimum Gasteiger partial charge on any atom is -0.493 e. The predicted octanol–water partition coefficient (Wildman–Crippen LogP) is 4.76. The number of esters is 1. The van der Waals surface area contributed by atoms with Gasteiger partial charge in [-0.2, -0.15) is 0 Å². The van der Waals surface area contributed by atoms with Gasteiger partial charge in [0.15, 0.2) is 11.5 Å². The highest BCUT2D eigenvalue weighted by Gasteiger charge is 2.14. The highest BCUT2D eigenvalue weighted by molar-refractivity contribution is 5.97. The van der Waals surface area contributed by atoms with Gasteiger partial charge in [-0.05, 0) is 48.4 Å². The van der Waals surface area contributed by atoms with Crippen LogP contribution in [0.5, 0.6) is 17.2 Å². The molecule has 0 aliphatic carbocycles. The van der Waals surface area contributed by atoms with Gasteiger partial charge in [-0.15, -0.1) is 0 Å². The molecule has 1 N–H and O–H groups in total. The molecule has 1 amide bonds. The summed E-state index contributed by atoms with van der Waals surface area (Å²) < 4.78 is 26.8. The largest absolute Gasteiger partial charge is 0.493 e. The van der Waals surface area contributed by atoms with Gasteiger partial charge in [0.25, 0.3) is 5.91 Å². The summed E-state index contributed by atoms with van der Waals surface area (Å²) >= 11 is 0. The van der Waals surface area contributed by atoms with Crippen LogP contribution in [0.15, 0.2) is 57.8 Å². The lowest BCUT2D eigenvalue weighted by atomic mass is 10.1. The van der Waals surface area contributed by atoms with Crippen molar-refractivity contribution in [3.8, 4) is 17.2 Å². The number of fused-ring (bicyclic) bond motifs is 1. The first-order chi connectivity index (χ1) is 18.4. The molecule has 9 nitrogen and oxygen atoms in total.